The molecule has 0 fully saturated rings. The van der Waals surface area contributed by atoms with Gasteiger partial charge in [-0.25, -0.2) is 0 Å². The molecule has 1 N–H and O–H groups in total. The SMILES string of the molecule is CCSCC(C)Nc1ccnc2cc(Br)cnc12. The molecule has 0 aliphatic carbocycles. The normalized spacial score (nSPS) is 12.6. The standard InChI is InChI=1S/C13H16BrN3S/c1-3-18-8-9(2)17-11-4-5-15-12-6-10(14)7-16-13(11)12/h4-7,9H,3,8H2,1-2H3,(H,15,17). The first kappa shape index (κ1) is 13.6. The molecular formula is C13H16BrN3S. The maximum atomic E-state index is 4.44. The van der Waals surface area contributed by atoms with Gasteiger partial charge in [0, 0.05) is 28.7 Å². The van der Waals surface area contributed by atoms with E-state index in [1.807, 2.05) is 30.1 Å². The molecule has 0 amide bonds. The molecule has 2 heterocycles. The Morgan fingerprint density at radius 2 is 2.28 bits per heavy atom. The van der Waals surface area contributed by atoms with Crippen molar-refractivity contribution in [2.24, 2.45) is 0 Å². The van der Waals surface area contributed by atoms with Gasteiger partial charge in [-0.1, -0.05) is 6.92 Å². The highest BCUT2D eigenvalue weighted by atomic mass is 79.9. The molecule has 5 heteroatoms. The van der Waals surface area contributed by atoms with Gasteiger partial charge in [0.05, 0.1) is 11.2 Å². The van der Waals surface area contributed by atoms with Crippen molar-refractivity contribution in [2.75, 3.05) is 16.8 Å². The van der Waals surface area contributed by atoms with Gasteiger partial charge >= 0.3 is 0 Å². The second-order valence-electron chi connectivity index (χ2n) is 4.08. The van der Waals surface area contributed by atoms with Gasteiger partial charge in [-0.2, -0.15) is 11.8 Å². The Balaban J connectivity index is 2.22. The highest BCUT2D eigenvalue weighted by molar-refractivity contribution is 9.10. The van der Waals surface area contributed by atoms with Gasteiger partial charge in [-0.15, -0.1) is 0 Å². The summed E-state index contributed by atoms with van der Waals surface area (Å²) in [7, 11) is 0. The highest BCUT2D eigenvalue weighted by Crippen LogP contribution is 2.22. The quantitative estimate of drug-likeness (QED) is 0.903. The molecule has 0 aliphatic rings. The van der Waals surface area contributed by atoms with Gasteiger partial charge in [0.25, 0.3) is 0 Å². The second kappa shape index (κ2) is 6.38. The van der Waals surface area contributed by atoms with Crippen molar-refractivity contribution >= 4 is 44.4 Å². The van der Waals surface area contributed by atoms with Crippen LogP contribution < -0.4 is 5.32 Å². The molecule has 2 aromatic rings. The smallest absolute Gasteiger partial charge is 0.112 e. The van der Waals surface area contributed by atoms with Crippen LogP contribution in [-0.2, 0) is 0 Å². The number of hydrogen-bond donors (Lipinski definition) is 1. The van der Waals surface area contributed by atoms with Crippen LogP contribution in [0.1, 0.15) is 13.8 Å². The van der Waals surface area contributed by atoms with Gasteiger partial charge in [0.1, 0.15) is 5.52 Å². The summed E-state index contributed by atoms with van der Waals surface area (Å²) < 4.78 is 0.953. The second-order valence-corrected chi connectivity index (χ2v) is 6.32. The number of nitrogens with zero attached hydrogens (tertiary/aromatic N) is 2. The molecule has 18 heavy (non-hydrogen) atoms. The number of hydrogen-bond acceptors (Lipinski definition) is 4. The zero-order valence-electron chi connectivity index (χ0n) is 10.5. The molecule has 0 spiro atoms. The van der Waals surface area contributed by atoms with Crippen molar-refractivity contribution in [3.63, 3.8) is 0 Å². The molecule has 0 saturated carbocycles. The Hall–Kier alpha value is -0.810. The molecule has 96 valence electrons. The number of anilines is 1. The van der Waals surface area contributed by atoms with Crippen LogP contribution in [0.2, 0.25) is 0 Å². The topological polar surface area (TPSA) is 37.8 Å². The average Bonchev–Trinajstić information content (AvgIpc) is 2.36. The van der Waals surface area contributed by atoms with Gasteiger partial charge in [-0.05, 0) is 40.7 Å². The molecule has 0 saturated heterocycles. The first-order chi connectivity index (χ1) is 8.70. The summed E-state index contributed by atoms with van der Waals surface area (Å²) in [6.07, 6.45) is 3.62. The summed E-state index contributed by atoms with van der Waals surface area (Å²) in [6.45, 7) is 4.37. The Bertz CT molecular complexity index is 533. The highest BCUT2D eigenvalue weighted by Gasteiger charge is 2.07. The minimum absolute atomic E-state index is 0.422. The van der Waals surface area contributed by atoms with E-state index in [1.54, 1.807) is 6.20 Å². The van der Waals surface area contributed by atoms with E-state index in [-0.39, 0.29) is 0 Å². The maximum Gasteiger partial charge on any atom is 0.112 e. The minimum Gasteiger partial charge on any atom is -0.380 e. The van der Waals surface area contributed by atoms with E-state index in [2.05, 4.69) is 45.1 Å². The Morgan fingerprint density at radius 3 is 3.06 bits per heavy atom. The molecule has 0 bridgehead atoms. The third kappa shape index (κ3) is 3.36. The van der Waals surface area contributed by atoms with E-state index < -0.39 is 0 Å². The predicted molar refractivity (Wildman–Crippen MR) is 83.3 cm³/mol. The number of pyridine rings is 2. The molecular weight excluding hydrogens is 310 g/mol. The lowest BCUT2D eigenvalue weighted by Crippen LogP contribution is -2.18. The summed E-state index contributed by atoms with van der Waals surface area (Å²) in [5.41, 5.74) is 2.88. The fourth-order valence-electron chi connectivity index (χ4n) is 1.72. The van der Waals surface area contributed by atoms with Crippen LogP contribution in [0.3, 0.4) is 0 Å². The fourth-order valence-corrected chi connectivity index (χ4v) is 2.72. The Kier molecular flexibility index (Phi) is 4.83. The first-order valence-corrected chi connectivity index (χ1v) is 7.90. The molecule has 1 unspecified atom stereocenters. The molecule has 1 atom stereocenters. The van der Waals surface area contributed by atoms with Crippen LogP contribution in [0.4, 0.5) is 5.69 Å². The molecule has 2 aromatic heterocycles. The third-order valence-corrected chi connectivity index (χ3v) is 4.10. The number of rotatable bonds is 5. The van der Waals surface area contributed by atoms with Gasteiger partial charge < -0.3 is 5.32 Å². The summed E-state index contributed by atoms with van der Waals surface area (Å²) in [6, 6.07) is 4.39. The van der Waals surface area contributed by atoms with E-state index in [0.717, 1.165) is 32.7 Å². The Labute approximate surface area is 120 Å². The number of halogens is 1. The maximum absolute atomic E-state index is 4.44. The van der Waals surface area contributed by atoms with Gasteiger partial charge in [-0.3, -0.25) is 9.97 Å². The van der Waals surface area contributed by atoms with Crippen molar-refractivity contribution in [1.29, 1.82) is 0 Å². The van der Waals surface area contributed by atoms with Crippen LogP contribution in [-0.4, -0.2) is 27.5 Å². The van der Waals surface area contributed by atoms with Crippen LogP contribution in [0, 0.1) is 0 Å². The van der Waals surface area contributed by atoms with E-state index in [4.69, 9.17) is 0 Å². The number of thioether (sulfide) groups is 1. The molecule has 2 rings (SSSR count). The number of fused-ring (bicyclic) bond motifs is 1. The van der Waals surface area contributed by atoms with Crippen LogP contribution in [0.5, 0.6) is 0 Å². The van der Waals surface area contributed by atoms with Crippen molar-refractivity contribution in [2.45, 2.75) is 19.9 Å². The zero-order valence-corrected chi connectivity index (χ0v) is 12.9. The van der Waals surface area contributed by atoms with Gasteiger partial charge in [0.2, 0.25) is 0 Å². The van der Waals surface area contributed by atoms with Crippen molar-refractivity contribution < 1.29 is 0 Å². The van der Waals surface area contributed by atoms with Gasteiger partial charge in [0.15, 0.2) is 0 Å². The summed E-state index contributed by atoms with van der Waals surface area (Å²) >= 11 is 5.35. The predicted octanol–water partition coefficient (Wildman–Crippen LogP) is 3.95. The van der Waals surface area contributed by atoms with Crippen LogP contribution >= 0.6 is 27.7 Å². The fraction of sp³-hybridized carbons (Fsp3) is 0.385. The zero-order chi connectivity index (χ0) is 13.0. The molecule has 0 aliphatic heterocycles. The third-order valence-electron chi connectivity index (χ3n) is 2.52. The van der Waals surface area contributed by atoms with Crippen molar-refractivity contribution in [3.8, 4) is 0 Å². The van der Waals surface area contributed by atoms with E-state index in [0.29, 0.717) is 6.04 Å². The largest absolute Gasteiger partial charge is 0.380 e. The van der Waals surface area contributed by atoms with Crippen molar-refractivity contribution in [1.82, 2.24) is 9.97 Å². The Morgan fingerprint density at radius 1 is 1.44 bits per heavy atom. The first-order valence-electron chi connectivity index (χ1n) is 5.95. The molecule has 0 radical (unpaired) electrons. The minimum atomic E-state index is 0.422. The lowest BCUT2D eigenvalue weighted by atomic mass is 10.2. The summed E-state index contributed by atoms with van der Waals surface area (Å²) in [5.74, 6) is 2.24. The van der Waals surface area contributed by atoms with Crippen LogP contribution in [0.25, 0.3) is 11.0 Å². The molecule has 3 nitrogen and oxygen atoms in total. The number of nitrogens with one attached hydrogen (secondary N) is 1. The van der Waals surface area contributed by atoms with E-state index in [9.17, 15) is 0 Å². The average molecular weight is 326 g/mol. The summed E-state index contributed by atoms with van der Waals surface area (Å²) in [4.78, 5) is 8.77. The number of aromatic nitrogens is 2. The lowest BCUT2D eigenvalue weighted by Gasteiger charge is -2.15. The van der Waals surface area contributed by atoms with E-state index >= 15 is 0 Å². The molecule has 0 aromatic carbocycles. The monoisotopic (exact) mass is 325 g/mol. The van der Waals surface area contributed by atoms with E-state index in [1.165, 1.54) is 0 Å². The van der Waals surface area contributed by atoms with Crippen molar-refractivity contribution in [3.05, 3.63) is 29.0 Å². The van der Waals surface area contributed by atoms with Crippen LogP contribution in [0.15, 0.2) is 29.0 Å². The summed E-state index contributed by atoms with van der Waals surface area (Å²) in [5, 5.41) is 3.50. The lowest BCUT2D eigenvalue weighted by molar-refractivity contribution is 0.914.